The van der Waals surface area contributed by atoms with Crippen LogP contribution in [-0.2, 0) is 9.47 Å². The molecule has 0 saturated carbocycles. The average Bonchev–Trinajstić information content (AvgIpc) is 2.33. The van der Waals surface area contributed by atoms with Crippen molar-refractivity contribution in [3.63, 3.8) is 0 Å². The topological polar surface area (TPSA) is 70.5 Å². The monoisotopic (exact) mass is 274 g/mol. The summed E-state index contributed by atoms with van der Waals surface area (Å²) in [6.07, 6.45) is 4.72. The quantitative estimate of drug-likeness (QED) is 0.573. The lowest BCUT2D eigenvalue weighted by Crippen LogP contribution is -2.33. The molecule has 0 aromatic rings. The Balaban J connectivity index is 4.29. The fourth-order valence-electron chi connectivity index (χ4n) is 2.17. The number of hydrogen-bond donors (Lipinski definition) is 2. The van der Waals surface area contributed by atoms with Gasteiger partial charge < -0.3 is 20.9 Å². The van der Waals surface area contributed by atoms with Crippen LogP contribution in [0.25, 0.3) is 0 Å². The summed E-state index contributed by atoms with van der Waals surface area (Å²) in [5.74, 6) is 0.447. The van der Waals surface area contributed by atoms with Crippen LogP contribution in [0.5, 0.6) is 0 Å². The van der Waals surface area contributed by atoms with Gasteiger partial charge in [0.15, 0.2) is 0 Å². The molecule has 0 radical (unpaired) electrons. The van der Waals surface area contributed by atoms with Crippen molar-refractivity contribution in [3.05, 3.63) is 0 Å². The van der Waals surface area contributed by atoms with Gasteiger partial charge in [0.05, 0.1) is 25.9 Å². The number of nitrogens with two attached hydrogens (primary N) is 2. The first-order valence-corrected chi connectivity index (χ1v) is 7.71. The molecule has 0 aromatic carbocycles. The smallest absolute Gasteiger partial charge is 0.0625 e. The molecule has 0 aliphatic heterocycles. The van der Waals surface area contributed by atoms with Crippen LogP contribution in [0, 0.1) is 5.92 Å². The Hall–Kier alpha value is -0.160. The van der Waals surface area contributed by atoms with Crippen molar-refractivity contribution in [1.82, 2.24) is 0 Å². The zero-order chi connectivity index (χ0) is 14.7. The molecule has 0 aliphatic rings. The van der Waals surface area contributed by atoms with E-state index in [0.29, 0.717) is 19.1 Å². The SMILES string of the molecule is CCCC(COCC(C)N)C(CCC)OCC(C)N. The van der Waals surface area contributed by atoms with Crippen LogP contribution < -0.4 is 11.5 Å². The zero-order valence-electron chi connectivity index (χ0n) is 13.2. The van der Waals surface area contributed by atoms with Crippen LogP contribution in [-0.4, -0.2) is 38.0 Å². The highest BCUT2D eigenvalue weighted by molar-refractivity contribution is 4.71. The van der Waals surface area contributed by atoms with Gasteiger partial charge in [0.2, 0.25) is 0 Å². The van der Waals surface area contributed by atoms with Crippen LogP contribution in [0.15, 0.2) is 0 Å². The van der Waals surface area contributed by atoms with E-state index in [9.17, 15) is 0 Å². The van der Waals surface area contributed by atoms with Gasteiger partial charge in [-0.25, -0.2) is 0 Å². The minimum Gasteiger partial charge on any atom is -0.379 e. The third-order valence-corrected chi connectivity index (χ3v) is 3.04. The maximum Gasteiger partial charge on any atom is 0.0625 e. The van der Waals surface area contributed by atoms with Gasteiger partial charge in [-0.05, 0) is 26.7 Å². The molecule has 0 spiro atoms. The summed E-state index contributed by atoms with van der Waals surface area (Å²) < 4.78 is 11.7. The van der Waals surface area contributed by atoms with Gasteiger partial charge in [-0.1, -0.05) is 26.7 Å². The Morgan fingerprint density at radius 3 is 1.89 bits per heavy atom. The van der Waals surface area contributed by atoms with Gasteiger partial charge >= 0.3 is 0 Å². The second-order valence-electron chi connectivity index (χ2n) is 5.70. The van der Waals surface area contributed by atoms with Crippen molar-refractivity contribution in [2.24, 2.45) is 17.4 Å². The maximum absolute atomic E-state index is 5.98. The van der Waals surface area contributed by atoms with Gasteiger partial charge in [0, 0.05) is 18.0 Å². The van der Waals surface area contributed by atoms with E-state index in [4.69, 9.17) is 20.9 Å². The first kappa shape index (κ1) is 18.8. The van der Waals surface area contributed by atoms with Crippen LogP contribution in [0.4, 0.5) is 0 Å². The third-order valence-electron chi connectivity index (χ3n) is 3.04. The predicted molar refractivity (Wildman–Crippen MR) is 81.2 cm³/mol. The van der Waals surface area contributed by atoms with E-state index in [2.05, 4.69) is 13.8 Å². The summed E-state index contributed by atoms with van der Waals surface area (Å²) in [5.41, 5.74) is 11.5. The molecule has 4 N–H and O–H groups in total. The van der Waals surface area contributed by atoms with Crippen molar-refractivity contribution in [3.8, 4) is 0 Å². The molecule has 19 heavy (non-hydrogen) atoms. The Morgan fingerprint density at radius 1 is 0.842 bits per heavy atom. The molecular formula is C15H34N2O2. The van der Waals surface area contributed by atoms with Gasteiger partial charge in [0.25, 0.3) is 0 Å². The van der Waals surface area contributed by atoms with Gasteiger partial charge in [0.1, 0.15) is 0 Å². The Kier molecular flexibility index (Phi) is 11.6. The normalized spacial score (nSPS) is 18.0. The summed E-state index contributed by atoms with van der Waals surface area (Å²) in [5, 5.41) is 0. The average molecular weight is 274 g/mol. The fourth-order valence-corrected chi connectivity index (χ4v) is 2.17. The lowest BCUT2D eigenvalue weighted by Gasteiger charge is -2.28. The highest BCUT2D eigenvalue weighted by Crippen LogP contribution is 2.20. The molecule has 0 bridgehead atoms. The number of rotatable bonds is 12. The molecule has 0 heterocycles. The van der Waals surface area contributed by atoms with Crippen molar-refractivity contribution >= 4 is 0 Å². The Labute approximate surface area is 119 Å². The molecule has 0 amide bonds. The van der Waals surface area contributed by atoms with Crippen LogP contribution >= 0.6 is 0 Å². The minimum atomic E-state index is 0.0895. The van der Waals surface area contributed by atoms with Crippen molar-refractivity contribution in [2.75, 3.05) is 19.8 Å². The van der Waals surface area contributed by atoms with Gasteiger partial charge in [-0.15, -0.1) is 0 Å². The summed E-state index contributed by atoms with van der Waals surface area (Å²) in [6.45, 7) is 10.3. The van der Waals surface area contributed by atoms with E-state index in [0.717, 1.165) is 32.3 Å². The molecular weight excluding hydrogens is 240 g/mol. The van der Waals surface area contributed by atoms with Gasteiger partial charge in [-0.3, -0.25) is 0 Å². The van der Waals surface area contributed by atoms with Crippen molar-refractivity contribution < 1.29 is 9.47 Å². The zero-order valence-corrected chi connectivity index (χ0v) is 13.2. The largest absolute Gasteiger partial charge is 0.379 e. The second kappa shape index (κ2) is 11.6. The van der Waals surface area contributed by atoms with E-state index in [1.54, 1.807) is 0 Å². The highest BCUT2D eigenvalue weighted by Gasteiger charge is 2.21. The van der Waals surface area contributed by atoms with Crippen molar-refractivity contribution in [1.29, 1.82) is 0 Å². The molecule has 0 rings (SSSR count). The molecule has 0 fully saturated rings. The van der Waals surface area contributed by atoms with E-state index in [1.165, 1.54) is 0 Å². The number of ether oxygens (including phenoxy) is 2. The molecule has 4 atom stereocenters. The van der Waals surface area contributed by atoms with Gasteiger partial charge in [-0.2, -0.15) is 0 Å². The maximum atomic E-state index is 5.98. The molecule has 4 nitrogen and oxygen atoms in total. The third kappa shape index (κ3) is 10.3. The summed E-state index contributed by atoms with van der Waals surface area (Å²) in [7, 11) is 0. The molecule has 116 valence electrons. The first-order chi connectivity index (χ1) is 9.01. The predicted octanol–water partition coefficient (Wildman–Crippen LogP) is 2.30. The molecule has 0 aliphatic carbocycles. The highest BCUT2D eigenvalue weighted by atomic mass is 16.5. The van der Waals surface area contributed by atoms with E-state index < -0.39 is 0 Å². The summed E-state index contributed by atoms with van der Waals surface area (Å²) >= 11 is 0. The standard InChI is InChI=1S/C15H34N2O2/c1-5-7-14(11-18-9-12(3)16)15(8-6-2)19-10-13(4)17/h12-15H,5-11,16-17H2,1-4H3. The van der Waals surface area contributed by atoms with E-state index >= 15 is 0 Å². The van der Waals surface area contributed by atoms with Crippen LogP contribution in [0.1, 0.15) is 53.4 Å². The Bertz CT molecular complexity index is 199. The van der Waals surface area contributed by atoms with Crippen molar-refractivity contribution in [2.45, 2.75) is 71.6 Å². The molecule has 4 heteroatoms. The minimum absolute atomic E-state index is 0.0895. The molecule has 4 unspecified atom stereocenters. The van der Waals surface area contributed by atoms with E-state index in [1.807, 2.05) is 13.8 Å². The fraction of sp³-hybridized carbons (Fsp3) is 1.00. The summed E-state index contributed by atoms with van der Waals surface area (Å²) in [6, 6.07) is 0.184. The van der Waals surface area contributed by atoms with E-state index in [-0.39, 0.29) is 18.2 Å². The lowest BCUT2D eigenvalue weighted by atomic mass is 9.94. The summed E-state index contributed by atoms with van der Waals surface area (Å²) in [4.78, 5) is 0. The second-order valence-corrected chi connectivity index (χ2v) is 5.70. The Morgan fingerprint density at radius 2 is 1.42 bits per heavy atom. The first-order valence-electron chi connectivity index (χ1n) is 7.71. The van der Waals surface area contributed by atoms with Crippen LogP contribution in [0.2, 0.25) is 0 Å². The molecule has 0 saturated heterocycles. The number of hydrogen-bond acceptors (Lipinski definition) is 4. The lowest BCUT2D eigenvalue weighted by molar-refractivity contribution is -0.0345. The van der Waals surface area contributed by atoms with Crippen LogP contribution in [0.3, 0.4) is 0 Å². The molecule has 0 aromatic heterocycles.